The first kappa shape index (κ1) is 18.5. The molecule has 3 aromatic rings. The minimum absolute atomic E-state index is 0.258. The minimum atomic E-state index is -1.00. The summed E-state index contributed by atoms with van der Waals surface area (Å²) in [5, 5.41) is 0. The van der Waals surface area contributed by atoms with E-state index in [0.717, 1.165) is 5.56 Å². The zero-order valence-corrected chi connectivity index (χ0v) is 15.0. The summed E-state index contributed by atoms with van der Waals surface area (Å²) < 4.78 is 10.7. The van der Waals surface area contributed by atoms with E-state index >= 15 is 0 Å². The molecule has 1 unspecified atom stereocenters. The third kappa shape index (κ3) is 4.68. The maximum atomic E-state index is 13.0. The van der Waals surface area contributed by atoms with Crippen molar-refractivity contribution in [2.24, 2.45) is 0 Å². The van der Waals surface area contributed by atoms with Crippen LogP contribution >= 0.6 is 0 Å². The zero-order valence-electron chi connectivity index (χ0n) is 15.0. The van der Waals surface area contributed by atoms with Crippen molar-refractivity contribution in [1.82, 2.24) is 0 Å². The van der Waals surface area contributed by atoms with Gasteiger partial charge >= 0.3 is 5.97 Å². The van der Waals surface area contributed by atoms with Gasteiger partial charge in [0.05, 0.1) is 12.2 Å². The van der Waals surface area contributed by atoms with Gasteiger partial charge in [-0.05, 0) is 17.7 Å². The van der Waals surface area contributed by atoms with Gasteiger partial charge in [-0.25, -0.2) is 4.79 Å². The number of carbonyl (C=O) groups is 2. The highest BCUT2D eigenvalue weighted by Gasteiger charge is 2.26. The first-order chi connectivity index (χ1) is 13.2. The molecule has 0 aromatic heterocycles. The molecule has 0 heterocycles. The van der Waals surface area contributed by atoms with Crippen molar-refractivity contribution in [1.29, 1.82) is 0 Å². The van der Waals surface area contributed by atoms with Gasteiger partial charge in [-0.1, -0.05) is 72.8 Å². The van der Waals surface area contributed by atoms with Crippen molar-refractivity contribution in [2.75, 3.05) is 7.11 Å². The smallest absolute Gasteiger partial charge is 0.339 e. The number of methoxy groups -OCH3 is 1. The number of Topliss-reactive ketones (excluding diaryl/α,β-unsaturated/α-hetero) is 1. The molecule has 0 amide bonds. The fraction of sp³-hybridized carbons (Fsp3) is 0.130. The van der Waals surface area contributed by atoms with Gasteiger partial charge in [0.25, 0.3) is 0 Å². The number of carbonyl (C=O) groups excluding carboxylic acids is 2. The molecule has 1 atom stereocenters. The largest absolute Gasteiger partial charge is 0.445 e. The molecule has 0 aliphatic carbocycles. The molecular weight excluding hydrogens is 340 g/mol. The van der Waals surface area contributed by atoms with Crippen molar-refractivity contribution in [3.8, 4) is 0 Å². The number of hydrogen-bond acceptors (Lipinski definition) is 4. The maximum absolute atomic E-state index is 13.0. The van der Waals surface area contributed by atoms with Gasteiger partial charge in [0.15, 0.2) is 6.10 Å². The van der Waals surface area contributed by atoms with E-state index in [1.807, 2.05) is 24.3 Å². The highest BCUT2D eigenvalue weighted by atomic mass is 16.5. The summed E-state index contributed by atoms with van der Waals surface area (Å²) in [5.74, 6) is -0.803. The van der Waals surface area contributed by atoms with Crippen LogP contribution in [0.15, 0.2) is 84.9 Å². The molecule has 0 spiro atoms. The molecule has 0 N–H and O–H groups in total. The summed E-state index contributed by atoms with van der Waals surface area (Å²) in [6.45, 7) is 0.467. The van der Waals surface area contributed by atoms with Crippen LogP contribution in [0.2, 0.25) is 0 Å². The van der Waals surface area contributed by atoms with Crippen molar-refractivity contribution in [3.63, 3.8) is 0 Å². The second kappa shape index (κ2) is 8.92. The van der Waals surface area contributed by atoms with E-state index in [1.54, 1.807) is 67.8 Å². The average molecular weight is 360 g/mol. The predicted octanol–water partition coefficient (Wildman–Crippen LogP) is 4.61. The lowest BCUT2D eigenvalue weighted by atomic mass is 9.99. The second-order valence-electron chi connectivity index (χ2n) is 6.06. The molecule has 0 radical (unpaired) electrons. The monoisotopic (exact) mass is 360 g/mol. The molecule has 0 fully saturated rings. The SMILES string of the molecule is COCc1ccc(C(=O)OC(C(=O)c2ccccc2)c2ccccc2)cc1. The second-order valence-corrected chi connectivity index (χ2v) is 6.06. The van der Waals surface area contributed by atoms with Crippen LogP contribution < -0.4 is 0 Å². The first-order valence-corrected chi connectivity index (χ1v) is 8.62. The van der Waals surface area contributed by atoms with Gasteiger partial charge in [-0.15, -0.1) is 0 Å². The number of ether oxygens (including phenoxy) is 2. The Bertz CT molecular complexity index is 887. The highest BCUT2D eigenvalue weighted by molar-refractivity contribution is 6.02. The first-order valence-electron chi connectivity index (χ1n) is 8.62. The minimum Gasteiger partial charge on any atom is -0.445 e. The third-order valence-corrected chi connectivity index (χ3v) is 4.12. The molecule has 0 saturated carbocycles. The van der Waals surface area contributed by atoms with E-state index in [9.17, 15) is 9.59 Å². The topological polar surface area (TPSA) is 52.6 Å². The Morgan fingerprint density at radius 1 is 0.778 bits per heavy atom. The highest BCUT2D eigenvalue weighted by Crippen LogP contribution is 2.24. The van der Waals surface area contributed by atoms with Crippen LogP contribution in [0.5, 0.6) is 0 Å². The van der Waals surface area contributed by atoms with Crippen LogP contribution in [0, 0.1) is 0 Å². The Morgan fingerprint density at radius 3 is 1.96 bits per heavy atom. The fourth-order valence-corrected chi connectivity index (χ4v) is 2.73. The van der Waals surface area contributed by atoms with E-state index < -0.39 is 12.1 Å². The Balaban J connectivity index is 1.85. The maximum Gasteiger partial charge on any atom is 0.339 e. The van der Waals surface area contributed by atoms with Crippen LogP contribution in [-0.2, 0) is 16.1 Å². The van der Waals surface area contributed by atoms with E-state index in [1.165, 1.54) is 0 Å². The van der Waals surface area contributed by atoms with Crippen LogP contribution in [0.4, 0.5) is 0 Å². The molecule has 0 aliphatic rings. The van der Waals surface area contributed by atoms with Gasteiger partial charge in [-0.3, -0.25) is 4.79 Å². The molecule has 3 aromatic carbocycles. The van der Waals surface area contributed by atoms with Gasteiger partial charge in [-0.2, -0.15) is 0 Å². The third-order valence-electron chi connectivity index (χ3n) is 4.12. The Kier molecular flexibility index (Phi) is 6.13. The molecule has 4 nitrogen and oxygen atoms in total. The Morgan fingerprint density at radius 2 is 1.37 bits per heavy atom. The summed E-state index contributed by atoms with van der Waals surface area (Å²) in [7, 11) is 1.61. The van der Waals surface area contributed by atoms with Crippen molar-refractivity contribution < 1.29 is 19.1 Å². The molecule has 0 aliphatic heterocycles. The number of esters is 1. The van der Waals surface area contributed by atoms with Gasteiger partial charge < -0.3 is 9.47 Å². The molecule has 0 saturated heterocycles. The zero-order chi connectivity index (χ0) is 19.1. The Labute approximate surface area is 158 Å². The van der Waals surface area contributed by atoms with E-state index in [-0.39, 0.29) is 5.78 Å². The lowest BCUT2D eigenvalue weighted by Crippen LogP contribution is -2.20. The standard InChI is InChI=1S/C23H20O4/c1-26-16-17-12-14-20(15-13-17)23(25)27-22(19-10-6-3-7-11-19)21(24)18-8-4-2-5-9-18/h2-15,22H,16H2,1H3. The summed E-state index contributed by atoms with van der Waals surface area (Å²) in [6.07, 6.45) is -1.00. The van der Waals surface area contributed by atoms with E-state index in [0.29, 0.717) is 23.3 Å². The molecule has 3 rings (SSSR count). The molecule has 136 valence electrons. The predicted molar refractivity (Wildman–Crippen MR) is 103 cm³/mol. The normalized spacial score (nSPS) is 11.6. The quantitative estimate of drug-likeness (QED) is 0.456. The van der Waals surface area contributed by atoms with Gasteiger partial charge in [0.1, 0.15) is 0 Å². The van der Waals surface area contributed by atoms with Gasteiger partial charge in [0.2, 0.25) is 5.78 Å². The number of rotatable bonds is 7. The summed E-state index contributed by atoms with van der Waals surface area (Å²) >= 11 is 0. The number of hydrogen-bond donors (Lipinski definition) is 0. The lowest BCUT2D eigenvalue weighted by molar-refractivity contribution is 0.0280. The average Bonchev–Trinajstić information content (AvgIpc) is 2.73. The van der Waals surface area contributed by atoms with Crippen LogP contribution in [0.25, 0.3) is 0 Å². The summed E-state index contributed by atoms with van der Waals surface area (Å²) in [4.78, 5) is 25.6. The number of benzene rings is 3. The summed E-state index contributed by atoms with van der Waals surface area (Å²) in [5.41, 5.74) is 2.47. The van der Waals surface area contributed by atoms with Crippen LogP contribution in [0.1, 0.15) is 37.9 Å². The molecule has 4 heteroatoms. The molecule has 0 bridgehead atoms. The van der Waals surface area contributed by atoms with Crippen LogP contribution in [-0.4, -0.2) is 18.9 Å². The van der Waals surface area contributed by atoms with E-state index in [2.05, 4.69) is 0 Å². The van der Waals surface area contributed by atoms with Crippen molar-refractivity contribution in [2.45, 2.75) is 12.7 Å². The van der Waals surface area contributed by atoms with E-state index in [4.69, 9.17) is 9.47 Å². The molecular formula is C23H20O4. The van der Waals surface area contributed by atoms with Crippen molar-refractivity contribution >= 4 is 11.8 Å². The Hall–Kier alpha value is -3.24. The summed E-state index contributed by atoms with van der Waals surface area (Å²) in [6, 6.07) is 24.8. The fourth-order valence-electron chi connectivity index (χ4n) is 2.73. The lowest BCUT2D eigenvalue weighted by Gasteiger charge is -2.17. The molecule has 27 heavy (non-hydrogen) atoms. The van der Waals surface area contributed by atoms with Gasteiger partial charge in [0, 0.05) is 18.2 Å². The van der Waals surface area contributed by atoms with Crippen LogP contribution in [0.3, 0.4) is 0 Å². The number of ketones is 1. The van der Waals surface area contributed by atoms with Crippen molar-refractivity contribution in [3.05, 3.63) is 107 Å².